The van der Waals surface area contributed by atoms with Gasteiger partial charge in [-0.25, -0.2) is 4.98 Å². The van der Waals surface area contributed by atoms with Crippen molar-refractivity contribution in [2.24, 2.45) is 0 Å². The second-order valence-electron chi connectivity index (χ2n) is 6.23. The van der Waals surface area contributed by atoms with Crippen LogP contribution >= 0.6 is 0 Å². The number of anilines is 1. The van der Waals surface area contributed by atoms with Crippen molar-refractivity contribution in [3.8, 4) is 5.88 Å². The zero-order chi connectivity index (χ0) is 15.3. The number of nitrogens with one attached hydrogen (secondary N) is 1. The summed E-state index contributed by atoms with van der Waals surface area (Å²) >= 11 is 0. The summed E-state index contributed by atoms with van der Waals surface area (Å²) in [5.74, 6) is 0.655. The van der Waals surface area contributed by atoms with Crippen molar-refractivity contribution < 1.29 is 4.74 Å². The third-order valence-electron chi connectivity index (χ3n) is 3.02. The first kappa shape index (κ1) is 15.4. The predicted octanol–water partition coefficient (Wildman–Crippen LogP) is 3.52. The van der Waals surface area contributed by atoms with Gasteiger partial charge in [-0.2, -0.15) is 5.10 Å². The van der Waals surface area contributed by atoms with E-state index in [1.165, 1.54) is 0 Å². The van der Waals surface area contributed by atoms with Crippen LogP contribution in [0.15, 0.2) is 36.8 Å². The summed E-state index contributed by atoms with van der Waals surface area (Å²) in [5.41, 5.74) is 1.03. The Morgan fingerprint density at radius 2 is 2.14 bits per heavy atom. The molecule has 0 bridgehead atoms. The Morgan fingerprint density at radius 1 is 1.33 bits per heavy atom. The highest BCUT2D eigenvalue weighted by Gasteiger charge is 2.09. The van der Waals surface area contributed by atoms with Crippen LogP contribution in [-0.2, 0) is 0 Å². The van der Waals surface area contributed by atoms with Crippen molar-refractivity contribution in [2.45, 2.75) is 45.7 Å². The summed E-state index contributed by atoms with van der Waals surface area (Å²) < 4.78 is 7.62. The van der Waals surface area contributed by atoms with E-state index >= 15 is 0 Å². The predicted molar refractivity (Wildman–Crippen MR) is 84.7 cm³/mol. The average Bonchev–Trinajstić information content (AvgIpc) is 2.93. The largest absolute Gasteiger partial charge is 0.478 e. The topological polar surface area (TPSA) is 52.0 Å². The summed E-state index contributed by atoms with van der Waals surface area (Å²) in [7, 11) is 0. The highest BCUT2D eigenvalue weighted by Crippen LogP contribution is 2.17. The standard InChI is InChI=1S/C16H24N4O/c1-13(20-10-5-9-18-20)8-11-21-15-7-6-14(12-17-15)19-16(2,3)4/h5-7,9-10,12-13,19H,8,11H2,1-4H3. The van der Waals surface area contributed by atoms with Gasteiger partial charge >= 0.3 is 0 Å². The molecule has 0 radical (unpaired) electrons. The van der Waals surface area contributed by atoms with Gasteiger partial charge in [0.15, 0.2) is 0 Å². The summed E-state index contributed by atoms with van der Waals surface area (Å²) in [4.78, 5) is 4.32. The lowest BCUT2D eigenvalue weighted by molar-refractivity contribution is 0.269. The van der Waals surface area contributed by atoms with Crippen LogP contribution in [0.4, 0.5) is 5.69 Å². The lowest BCUT2D eigenvalue weighted by Gasteiger charge is -2.21. The molecule has 1 atom stereocenters. The second-order valence-corrected chi connectivity index (χ2v) is 6.23. The van der Waals surface area contributed by atoms with E-state index in [0.717, 1.165) is 12.1 Å². The molecule has 5 heteroatoms. The van der Waals surface area contributed by atoms with Crippen molar-refractivity contribution in [3.05, 3.63) is 36.8 Å². The Kier molecular flexibility index (Phi) is 4.83. The maximum atomic E-state index is 5.68. The van der Waals surface area contributed by atoms with Gasteiger partial charge in [-0.15, -0.1) is 0 Å². The summed E-state index contributed by atoms with van der Waals surface area (Å²) in [6, 6.07) is 6.14. The first-order valence-electron chi connectivity index (χ1n) is 7.30. The maximum Gasteiger partial charge on any atom is 0.213 e. The summed E-state index contributed by atoms with van der Waals surface area (Å²) in [5, 5.41) is 7.60. The fourth-order valence-electron chi connectivity index (χ4n) is 1.98. The van der Waals surface area contributed by atoms with Gasteiger partial charge in [0.1, 0.15) is 0 Å². The molecule has 2 heterocycles. The molecule has 114 valence electrons. The normalized spacial score (nSPS) is 13.0. The number of rotatable bonds is 6. The molecular weight excluding hydrogens is 264 g/mol. The number of ether oxygens (including phenoxy) is 1. The number of pyridine rings is 1. The maximum absolute atomic E-state index is 5.68. The Labute approximate surface area is 126 Å². The molecule has 5 nitrogen and oxygen atoms in total. The van der Waals surface area contributed by atoms with Crippen molar-refractivity contribution in [3.63, 3.8) is 0 Å². The van der Waals surface area contributed by atoms with Gasteiger partial charge in [0, 0.05) is 30.4 Å². The van der Waals surface area contributed by atoms with E-state index in [2.05, 4.69) is 43.1 Å². The van der Waals surface area contributed by atoms with Crippen LogP contribution in [0.5, 0.6) is 5.88 Å². The fraction of sp³-hybridized carbons (Fsp3) is 0.500. The Morgan fingerprint density at radius 3 is 2.71 bits per heavy atom. The minimum absolute atomic E-state index is 0.0310. The van der Waals surface area contributed by atoms with Gasteiger partial charge in [-0.05, 0) is 39.8 Å². The van der Waals surface area contributed by atoms with E-state index in [0.29, 0.717) is 18.5 Å². The van der Waals surface area contributed by atoms with Crippen LogP contribution in [0, 0.1) is 0 Å². The third-order valence-corrected chi connectivity index (χ3v) is 3.02. The second kappa shape index (κ2) is 6.61. The lowest BCUT2D eigenvalue weighted by Crippen LogP contribution is -2.26. The van der Waals surface area contributed by atoms with Crippen LogP contribution in [0.25, 0.3) is 0 Å². The van der Waals surface area contributed by atoms with Crippen molar-refractivity contribution in [1.82, 2.24) is 14.8 Å². The molecule has 21 heavy (non-hydrogen) atoms. The molecule has 0 saturated heterocycles. The van der Waals surface area contributed by atoms with Crippen molar-refractivity contribution in [2.75, 3.05) is 11.9 Å². The van der Waals surface area contributed by atoms with Gasteiger partial charge in [-0.1, -0.05) is 0 Å². The Bertz CT molecular complexity index is 528. The first-order chi connectivity index (χ1) is 9.94. The molecule has 0 aliphatic heterocycles. The monoisotopic (exact) mass is 288 g/mol. The molecule has 0 aliphatic carbocycles. The van der Waals surface area contributed by atoms with Gasteiger partial charge in [0.25, 0.3) is 0 Å². The molecular formula is C16H24N4O. The number of hydrogen-bond acceptors (Lipinski definition) is 4. The number of aromatic nitrogens is 3. The molecule has 0 spiro atoms. The summed E-state index contributed by atoms with van der Waals surface area (Å²) in [6.07, 6.45) is 6.46. The highest BCUT2D eigenvalue weighted by molar-refractivity contribution is 5.43. The molecule has 0 saturated carbocycles. The van der Waals surface area contributed by atoms with E-state index in [1.807, 2.05) is 29.1 Å². The Balaban J connectivity index is 1.78. The molecule has 2 aromatic heterocycles. The van der Waals surface area contributed by atoms with E-state index in [-0.39, 0.29) is 5.54 Å². The van der Waals surface area contributed by atoms with Gasteiger partial charge in [0.2, 0.25) is 5.88 Å². The quantitative estimate of drug-likeness (QED) is 0.883. The van der Waals surface area contributed by atoms with E-state index < -0.39 is 0 Å². The smallest absolute Gasteiger partial charge is 0.213 e. The minimum Gasteiger partial charge on any atom is -0.478 e. The van der Waals surface area contributed by atoms with Crippen LogP contribution in [-0.4, -0.2) is 26.9 Å². The molecule has 1 N–H and O–H groups in total. The molecule has 0 aromatic carbocycles. The van der Waals surface area contributed by atoms with Crippen LogP contribution in [0.1, 0.15) is 40.2 Å². The van der Waals surface area contributed by atoms with Crippen molar-refractivity contribution in [1.29, 1.82) is 0 Å². The average molecular weight is 288 g/mol. The van der Waals surface area contributed by atoms with E-state index in [1.54, 1.807) is 12.4 Å². The van der Waals surface area contributed by atoms with Crippen LogP contribution in [0.3, 0.4) is 0 Å². The Hall–Kier alpha value is -2.04. The number of nitrogens with zero attached hydrogens (tertiary/aromatic N) is 3. The third kappa shape index (κ3) is 5.10. The van der Waals surface area contributed by atoms with Crippen LogP contribution in [0.2, 0.25) is 0 Å². The van der Waals surface area contributed by atoms with Gasteiger partial charge in [-0.3, -0.25) is 4.68 Å². The van der Waals surface area contributed by atoms with Crippen LogP contribution < -0.4 is 10.1 Å². The molecule has 0 amide bonds. The molecule has 0 fully saturated rings. The molecule has 2 rings (SSSR count). The molecule has 1 unspecified atom stereocenters. The highest BCUT2D eigenvalue weighted by atomic mass is 16.5. The minimum atomic E-state index is 0.0310. The lowest BCUT2D eigenvalue weighted by atomic mass is 10.1. The number of hydrogen-bond donors (Lipinski definition) is 1. The van der Waals surface area contributed by atoms with Crippen molar-refractivity contribution >= 4 is 5.69 Å². The fourth-order valence-corrected chi connectivity index (χ4v) is 1.98. The summed E-state index contributed by atoms with van der Waals surface area (Å²) in [6.45, 7) is 9.11. The zero-order valence-electron chi connectivity index (χ0n) is 13.2. The first-order valence-corrected chi connectivity index (χ1v) is 7.30. The zero-order valence-corrected chi connectivity index (χ0v) is 13.2. The molecule has 2 aromatic rings. The van der Waals surface area contributed by atoms with Gasteiger partial charge in [0.05, 0.1) is 24.5 Å². The SMILES string of the molecule is CC(CCOc1ccc(NC(C)(C)C)cn1)n1cccn1. The van der Waals surface area contributed by atoms with E-state index in [4.69, 9.17) is 4.74 Å². The van der Waals surface area contributed by atoms with Gasteiger partial charge < -0.3 is 10.1 Å². The van der Waals surface area contributed by atoms with E-state index in [9.17, 15) is 0 Å². The molecule has 0 aliphatic rings.